The maximum Gasteiger partial charge on any atom is 0.586 e. The van der Waals surface area contributed by atoms with Crippen LogP contribution in [-0.4, -0.2) is 23.2 Å². The monoisotopic (exact) mass is 315 g/mol. The molecule has 0 saturated carbocycles. The van der Waals surface area contributed by atoms with E-state index >= 15 is 0 Å². The van der Waals surface area contributed by atoms with Gasteiger partial charge in [-0.3, -0.25) is 4.79 Å². The Morgan fingerprint density at radius 1 is 1.48 bits per heavy atom. The van der Waals surface area contributed by atoms with Crippen LogP contribution in [0, 0.1) is 0 Å². The van der Waals surface area contributed by atoms with Crippen molar-refractivity contribution >= 4 is 32.6 Å². The molecule has 2 aromatic rings. The summed E-state index contributed by atoms with van der Waals surface area (Å²) in [4.78, 5) is 15.8. The molecule has 9 heteroatoms. The van der Waals surface area contributed by atoms with Crippen LogP contribution < -0.4 is 20.5 Å². The Bertz CT molecular complexity index is 672. The first kappa shape index (κ1) is 14.0. The van der Waals surface area contributed by atoms with E-state index in [0.29, 0.717) is 15.3 Å². The summed E-state index contributed by atoms with van der Waals surface area (Å²) in [5, 5.41) is 2.98. The van der Waals surface area contributed by atoms with Gasteiger partial charge in [-0.25, -0.2) is 4.98 Å². The van der Waals surface area contributed by atoms with E-state index in [1.807, 2.05) is 0 Å². The molecule has 0 fully saturated rings. The molecule has 1 aliphatic rings. The number of carbonyl (C=O) groups is 1. The highest BCUT2D eigenvalue weighted by atomic mass is 32.1. The summed E-state index contributed by atoms with van der Waals surface area (Å²) < 4.78 is 35.2. The van der Waals surface area contributed by atoms with Crippen LogP contribution >= 0.6 is 11.3 Å². The van der Waals surface area contributed by atoms with Crippen LogP contribution in [0.1, 0.15) is 13.3 Å². The largest absolute Gasteiger partial charge is 0.586 e. The van der Waals surface area contributed by atoms with Crippen LogP contribution in [0.5, 0.6) is 11.5 Å². The lowest BCUT2D eigenvalue weighted by Gasteiger charge is -2.04. The lowest BCUT2D eigenvalue weighted by Crippen LogP contribution is -2.25. The minimum Gasteiger partial charge on any atom is -0.395 e. The quantitative estimate of drug-likeness (QED) is 0.907. The normalized spacial score (nSPS) is 17.0. The third-order valence-electron chi connectivity index (χ3n) is 2.67. The molecule has 0 aliphatic carbocycles. The molecule has 3 rings (SSSR count). The lowest BCUT2D eigenvalue weighted by atomic mass is 10.2. The molecule has 0 saturated heterocycles. The number of hydrogen-bond acceptors (Lipinski definition) is 6. The van der Waals surface area contributed by atoms with E-state index in [9.17, 15) is 13.6 Å². The summed E-state index contributed by atoms with van der Waals surface area (Å²) in [6.07, 6.45) is -3.48. The number of alkyl halides is 2. The Morgan fingerprint density at radius 2 is 2.14 bits per heavy atom. The molecule has 21 heavy (non-hydrogen) atoms. The fourth-order valence-corrected chi connectivity index (χ4v) is 2.78. The first-order valence-corrected chi connectivity index (χ1v) is 6.90. The first-order valence-electron chi connectivity index (χ1n) is 6.08. The number of carbonyl (C=O) groups excluding carboxylic acids is 1. The van der Waals surface area contributed by atoms with Gasteiger partial charge >= 0.3 is 6.29 Å². The number of aromatic nitrogens is 1. The van der Waals surface area contributed by atoms with Gasteiger partial charge in [0.15, 0.2) is 16.6 Å². The third kappa shape index (κ3) is 2.88. The summed E-state index contributed by atoms with van der Waals surface area (Å²) in [6, 6.07) is 2.50. The predicted octanol–water partition coefficient (Wildman–Crippen LogP) is 2.29. The van der Waals surface area contributed by atoms with Crippen LogP contribution in [0.2, 0.25) is 0 Å². The number of anilines is 1. The van der Waals surface area contributed by atoms with Crippen molar-refractivity contribution in [2.24, 2.45) is 5.73 Å². The van der Waals surface area contributed by atoms with Gasteiger partial charge in [0.1, 0.15) is 0 Å². The third-order valence-corrected chi connectivity index (χ3v) is 3.60. The maximum atomic E-state index is 12.9. The van der Waals surface area contributed by atoms with Gasteiger partial charge in [-0.2, -0.15) is 0 Å². The summed E-state index contributed by atoms with van der Waals surface area (Å²) >= 11 is 1.15. The topological polar surface area (TPSA) is 86.5 Å². The van der Waals surface area contributed by atoms with E-state index in [2.05, 4.69) is 19.8 Å². The Hall–Kier alpha value is -2.00. The van der Waals surface area contributed by atoms with Gasteiger partial charge in [0.05, 0.1) is 10.2 Å². The van der Waals surface area contributed by atoms with Crippen molar-refractivity contribution in [2.75, 3.05) is 5.32 Å². The van der Waals surface area contributed by atoms with E-state index < -0.39 is 6.29 Å². The highest BCUT2D eigenvalue weighted by Crippen LogP contribution is 2.44. The number of rotatable bonds is 3. The van der Waals surface area contributed by atoms with Crippen LogP contribution in [0.25, 0.3) is 10.2 Å². The SMILES string of the molecule is CC(N)CC(=O)Nc1nc2cc3c(cc2s1)OC(F)(F)O3. The molecule has 1 atom stereocenters. The average Bonchev–Trinajstić information content (AvgIpc) is 2.80. The number of thiazole rings is 1. The molecule has 6 nitrogen and oxygen atoms in total. The second kappa shape index (κ2) is 4.78. The fourth-order valence-electron chi connectivity index (χ4n) is 1.89. The number of nitrogens with one attached hydrogen (secondary N) is 1. The Kier molecular flexibility index (Phi) is 3.18. The van der Waals surface area contributed by atoms with Gasteiger partial charge < -0.3 is 20.5 Å². The molecular formula is C12H11F2N3O3S. The van der Waals surface area contributed by atoms with Gasteiger partial charge in [-0.15, -0.1) is 8.78 Å². The molecule has 1 aromatic heterocycles. The van der Waals surface area contributed by atoms with Crippen molar-refractivity contribution < 1.29 is 23.0 Å². The van der Waals surface area contributed by atoms with E-state index in [0.717, 1.165) is 11.3 Å². The molecule has 3 N–H and O–H groups in total. The highest BCUT2D eigenvalue weighted by molar-refractivity contribution is 7.22. The van der Waals surface area contributed by atoms with Gasteiger partial charge in [-0.05, 0) is 6.92 Å². The molecular weight excluding hydrogens is 304 g/mol. The average molecular weight is 315 g/mol. The molecule has 0 radical (unpaired) electrons. The Morgan fingerprint density at radius 3 is 2.81 bits per heavy atom. The predicted molar refractivity (Wildman–Crippen MR) is 72.7 cm³/mol. The zero-order valence-corrected chi connectivity index (χ0v) is 11.7. The molecule has 0 spiro atoms. The van der Waals surface area contributed by atoms with E-state index in [1.165, 1.54) is 12.1 Å². The van der Waals surface area contributed by atoms with Crippen molar-refractivity contribution in [3.05, 3.63) is 12.1 Å². The van der Waals surface area contributed by atoms with Gasteiger partial charge in [0.25, 0.3) is 0 Å². The Balaban J connectivity index is 1.85. The summed E-state index contributed by atoms with van der Waals surface area (Å²) in [5.74, 6) is -0.383. The number of halogens is 2. The number of benzene rings is 1. The minimum absolute atomic E-state index is 0.0513. The molecule has 0 bridgehead atoms. The highest BCUT2D eigenvalue weighted by Gasteiger charge is 2.43. The van der Waals surface area contributed by atoms with E-state index in [4.69, 9.17) is 5.73 Å². The second-order valence-electron chi connectivity index (χ2n) is 4.68. The Labute approximate surface area is 121 Å². The van der Waals surface area contributed by atoms with Crippen molar-refractivity contribution in [3.8, 4) is 11.5 Å². The molecule has 1 aliphatic heterocycles. The van der Waals surface area contributed by atoms with Crippen molar-refractivity contribution in [1.29, 1.82) is 0 Å². The van der Waals surface area contributed by atoms with E-state index in [-0.39, 0.29) is 29.9 Å². The summed E-state index contributed by atoms with van der Waals surface area (Å²) in [7, 11) is 0. The van der Waals surface area contributed by atoms with Crippen molar-refractivity contribution in [1.82, 2.24) is 4.98 Å². The molecule has 112 valence electrons. The number of ether oxygens (including phenoxy) is 2. The minimum atomic E-state index is -3.65. The number of nitrogens with two attached hydrogens (primary N) is 1. The zero-order valence-electron chi connectivity index (χ0n) is 10.9. The summed E-state index contributed by atoms with van der Waals surface area (Å²) in [5.41, 5.74) is 5.97. The van der Waals surface area contributed by atoms with E-state index in [1.54, 1.807) is 6.92 Å². The standard InChI is InChI=1S/C12H11F2N3O3S/c1-5(15)2-10(18)17-11-16-6-3-7-8(4-9(6)21-11)20-12(13,14)19-7/h3-5H,2,15H2,1H3,(H,16,17,18). The maximum absolute atomic E-state index is 12.9. The van der Waals surface area contributed by atoms with Crippen LogP contribution in [0.4, 0.5) is 13.9 Å². The number of nitrogens with zero attached hydrogens (tertiary/aromatic N) is 1. The molecule has 1 aromatic carbocycles. The van der Waals surface area contributed by atoms with Crippen LogP contribution in [0.3, 0.4) is 0 Å². The lowest BCUT2D eigenvalue weighted by molar-refractivity contribution is -0.286. The van der Waals surface area contributed by atoms with Gasteiger partial charge in [0, 0.05) is 24.6 Å². The van der Waals surface area contributed by atoms with Crippen LogP contribution in [0.15, 0.2) is 12.1 Å². The van der Waals surface area contributed by atoms with Crippen LogP contribution in [-0.2, 0) is 4.79 Å². The summed E-state index contributed by atoms with van der Waals surface area (Å²) in [6.45, 7) is 1.72. The second-order valence-corrected chi connectivity index (χ2v) is 5.71. The smallest absolute Gasteiger partial charge is 0.395 e. The van der Waals surface area contributed by atoms with Gasteiger partial charge in [-0.1, -0.05) is 11.3 Å². The molecule has 1 unspecified atom stereocenters. The van der Waals surface area contributed by atoms with Crippen molar-refractivity contribution in [2.45, 2.75) is 25.7 Å². The van der Waals surface area contributed by atoms with Crippen molar-refractivity contribution in [3.63, 3.8) is 0 Å². The first-order chi connectivity index (χ1) is 9.82. The molecule has 2 heterocycles. The number of amides is 1. The molecule has 1 amide bonds. The zero-order chi connectivity index (χ0) is 15.2. The number of hydrogen-bond donors (Lipinski definition) is 2. The number of fused-ring (bicyclic) bond motifs is 2. The van der Waals surface area contributed by atoms with Gasteiger partial charge in [0.2, 0.25) is 5.91 Å². The fraction of sp³-hybridized carbons (Fsp3) is 0.333.